The monoisotopic (exact) mass is 159 g/mol. The molecule has 0 heterocycles. The van der Waals surface area contributed by atoms with Crippen LogP contribution in [0.4, 0.5) is 0 Å². The first-order valence-corrected chi connectivity index (χ1v) is 3.89. The number of nitrogens with zero attached hydrogens (tertiary/aromatic N) is 3. The molecule has 0 spiro atoms. The van der Waals surface area contributed by atoms with Crippen LogP contribution < -0.4 is 0 Å². The Bertz CT molecular complexity index is 389. The van der Waals surface area contributed by atoms with Crippen molar-refractivity contribution in [3.8, 4) is 0 Å². The molecule has 0 radical (unpaired) electrons. The van der Waals surface area contributed by atoms with E-state index in [0.29, 0.717) is 0 Å². The Balaban J connectivity index is 2.47. The lowest BCUT2D eigenvalue weighted by atomic mass is 10.2. The highest BCUT2D eigenvalue weighted by Crippen LogP contribution is 2.47. The molecule has 0 N–H and O–H groups in total. The van der Waals surface area contributed by atoms with Crippen molar-refractivity contribution >= 4 is 0 Å². The fourth-order valence-corrected chi connectivity index (χ4v) is 1.70. The van der Waals surface area contributed by atoms with E-state index < -0.39 is 0 Å². The van der Waals surface area contributed by atoms with Gasteiger partial charge in [0.1, 0.15) is 0 Å². The van der Waals surface area contributed by atoms with E-state index in [1.807, 2.05) is 0 Å². The number of benzene rings is 1. The van der Waals surface area contributed by atoms with Crippen molar-refractivity contribution in [2.45, 2.75) is 19.9 Å². The molecule has 0 saturated heterocycles. The van der Waals surface area contributed by atoms with E-state index in [9.17, 15) is 0 Å². The Kier molecular flexibility index (Phi) is 1.35. The number of rotatable bonds is 1. The Hall–Kier alpha value is -1.47. The second-order valence-electron chi connectivity index (χ2n) is 3.19. The second-order valence-corrected chi connectivity index (χ2v) is 3.19. The van der Waals surface area contributed by atoms with Gasteiger partial charge in [-0.25, -0.2) is 0 Å². The second kappa shape index (κ2) is 2.26. The third-order valence-corrected chi connectivity index (χ3v) is 2.21. The summed E-state index contributed by atoms with van der Waals surface area (Å²) in [6.45, 7) is 4.11. The molecular weight excluding hydrogens is 150 g/mol. The molecule has 1 atom stereocenters. The molecule has 3 nitrogen and oxygen atoms in total. The number of aryl methyl sites for hydroxylation is 2. The van der Waals surface area contributed by atoms with Crippen LogP contribution in [0.15, 0.2) is 17.2 Å². The number of hydrogen-bond donors (Lipinski definition) is 0. The molecule has 0 fully saturated rings. The van der Waals surface area contributed by atoms with Crippen LogP contribution in [0.3, 0.4) is 0 Å². The van der Waals surface area contributed by atoms with E-state index in [2.05, 4.69) is 36.0 Å². The van der Waals surface area contributed by atoms with E-state index in [-0.39, 0.29) is 6.04 Å². The van der Waals surface area contributed by atoms with Crippen molar-refractivity contribution in [3.63, 3.8) is 0 Å². The van der Waals surface area contributed by atoms with Gasteiger partial charge in [0, 0.05) is 4.91 Å². The van der Waals surface area contributed by atoms with Crippen molar-refractivity contribution in [2.75, 3.05) is 0 Å². The van der Waals surface area contributed by atoms with Gasteiger partial charge in [0.15, 0.2) is 0 Å². The zero-order valence-electron chi connectivity index (χ0n) is 7.07. The average Bonchev–Trinajstić information content (AvgIpc) is 2.63. The van der Waals surface area contributed by atoms with Gasteiger partial charge in [-0.1, -0.05) is 22.8 Å². The number of azide groups is 1. The number of fused-ring (bicyclic) bond motifs is 1. The molecule has 0 saturated carbocycles. The summed E-state index contributed by atoms with van der Waals surface area (Å²) in [4.78, 5) is 2.81. The van der Waals surface area contributed by atoms with E-state index in [4.69, 9.17) is 5.53 Å². The molecule has 1 aliphatic carbocycles. The fourth-order valence-electron chi connectivity index (χ4n) is 1.70. The zero-order valence-corrected chi connectivity index (χ0v) is 7.07. The van der Waals surface area contributed by atoms with Crippen LogP contribution in [0.2, 0.25) is 0 Å². The van der Waals surface area contributed by atoms with Gasteiger partial charge in [-0.3, -0.25) is 0 Å². The van der Waals surface area contributed by atoms with Crippen molar-refractivity contribution in [2.24, 2.45) is 5.11 Å². The summed E-state index contributed by atoms with van der Waals surface area (Å²) in [5, 5.41) is 3.69. The standard InChI is InChI=1S/C9H9N3/c1-5-3-6(2)8-7(4-5)9(8)11-12-10/h3-4,9H,1-2H3. The minimum absolute atomic E-state index is 0.0312. The van der Waals surface area contributed by atoms with Gasteiger partial charge in [-0.2, -0.15) is 0 Å². The van der Waals surface area contributed by atoms with Crippen LogP contribution in [-0.4, -0.2) is 0 Å². The van der Waals surface area contributed by atoms with Gasteiger partial charge in [0.2, 0.25) is 0 Å². The molecule has 0 aliphatic heterocycles. The molecule has 0 bridgehead atoms. The highest BCUT2D eigenvalue weighted by Gasteiger charge is 2.33. The van der Waals surface area contributed by atoms with E-state index in [0.717, 1.165) is 0 Å². The Morgan fingerprint density at radius 2 is 2.17 bits per heavy atom. The van der Waals surface area contributed by atoms with Crippen LogP contribution in [0.1, 0.15) is 28.3 Å². The minimum Gasteiger partial charge on any atom is -0.0811 e. The van der Waals surface area contributed by atoms with Crippen LogP contribution in [0, 0.1) is 13.8 Å². The van der Waals surface area contributed by atoms with E-state index in [1.165, 1.54) is 22.3 Å². The first-order valence-electron chi connectivity index (χ1n) is 3.89. The molecular formula is C9H9N3. The molecule has 12 heavy (non-hydrogen) atoms. The SMILES string of the molecule is Cc1cc(C)c2c(c1)C2N=[N+]=[N-]. The van der Waals surface area contributed by atoms with Gasteiger partial charge < -0.3 is 0 Å². The summed E-state index contributed by atoms with van der Waals surface area (Å²) in [6.07, 6.45) is 0. The lowest BCUT2D eigenvalue weighted by Gasteiger charge is -1.90. The maximum Gasteiger partial charge on any atom is 0.0884 e. The molecule has 1 aromatic carbocycles. The first kappa shape index (κ1) is 7.19. The highest BCUT2D eigenvalue weighted by atomic mass is 15.2. The van der Waals surface area contributed by atoms with Crippen LogP contribution in [-0.2, 0) is 0 Å². The molecule has 60 valence electrons. The van der Waals surface area contributed by atoms with Crippen molar-refractivity contribution < 1.29 is 0 Å². The average molecular weight is 159 g/mol. The maximum absolute atomic E-state index is 8.27. The zero-order chi connectivity index (χ0) is 8.72. The summed E-state index contributed by atoms with van der Waals surface area (Å²) in [6, 6.07) is 4.23. The summed E-state index contributed by atoms with van der Waals surface area (Å²) < 4.78 is 0. The predicted octanol–water partition coefficient (Wildman–Crippen LogP) is 3.02. The van der Waals surface area contributed by atoms with Gasteiger partial charge in [0.05, 0.1) is 6.04 Å². The molecule has 1 aliphatic rings. The Morgan fingerprint density at radius 3 is 2.83 bits per heavy atom. The van der Waals surface area contributed by atoms with Crippen LogP contribution in [0.5, 0.6) is 0 Å². The molecule has 1 aromatic rings. The summed E-state index contributed by atoms with van der Waals surface area (Å²) in [7, 11) is 0. The van der Waals surface area contributed by atoms with Gasteiger partial charge in [-0.05, 0) is 36.1 Å². The first-order chi connectivity index (χ1) is 5.74. The summed E-state index contributed by atoms with van der Waals surface area (Å²) in [5.41, 5.74) is 13.2. The van der Waals surface area contributed by atoms with Gasteiger partial charge in [-0.15, -0.1) is 0 Å². The lowest BCUT2D eigenvalue weighted by molar-refractivity contribution is 1.03. The molecule has 0 aromatic heterocycles. The third-order valence-electron chi connectivity index (χ3n) is 2.21. The quantitative estimate of drug-likeness (QED) is 0.343. The smallest absolute Gasteiger partial charge is 0.0811 e. The lowest BCUT2D eigenvalue weighted by Crippen LogP contribution is -1.72. The molecule has 0 amide bonds. The molecule has 2 rings (SSSR count). The predicted molar refractivity (Wildman–Crippen MR) is 46.9 cm³/mol. The Morgan fingerprint density at radius 1 is 1.42 bits per heavy atom. The third kappa shape index (κ3) is 0.874. The molecule has 3 heteroatoms. The van der Waals surface area contributed by atoms with Crippen LogP contribution >= 0.6 is 0 Å². The van der Waals surface area contributed by atoms with Crippen LogP contribution in [0.25, 0.3) is 10.4 Å². The van der Waals surface area contributed by atoms with E-state index in [1.54, 1.807) is 0 Å². The number of hydrogen-bond acceptors (Lipinski definition) is 1. The maximum atomic E-state index is 8.27. The summed E-state index contributed by atoms with van der Waals surface area (Å²) in [5.74, 6) is 0. The van der Waals surface area contributed by atoms with Gasteiger partial charge >= 0.3 is 0 Å². The van der Waals surface area contributed by atoms with Crippen molar-refractivity contribution in [1.29, 1.82) is 0 Å². The Labute approximate surface area is 70.7 Å². The molecule has 1 unspecified atom stereocenters. The normalized spacial score (nSPS) is 18.0. The van der Waals surface area contributed by atoms with E-state index >= 15 is 0 Å². The summed E-state index contributed by atoms with van der Waals surface area (Å²) >= 11 is 0. The minimum atomic E-state index is 0.0312. The van der Waals surface area contributed by atoms with Crippen molar-refractivity contribution in [1.82, 2.24) is 0 Å². The van der Waals surface area contributed by atoms with Gasteiger partial charge in [0.25, 0.3) is 0 Å². The largest absolute Gasteiger partial charge is 0.0884 e. The van der Waals surface area contributed by atoms with Crippen molar-refractivity contribution in [3.05, 3.63) is 44.8 Å². The highest BCUT2D eigenvalue weighted by molar-refractivity contribution is 5.57. The fraction of sp³-hybridized carbons (Fsp3) is 0.333. The topological polar surface area (TPSA) is 48.8 Å².